The molecule has 0 spiro atoms. The van der Waals surface area contributed by atoms with Crippen LogP contribution >= 0.6 is 0 Å². The summed E-state index contributed by atoms with van der Waals surface area (Å²) in [5.41, 5.74) is 0. The fourth-order valence-corrected chi connectivity index (χ4v) is 2.93. The van der Waals surface area contributed by atoms with E-state index in [0.29, 0.717) is 11.7 Å². The minimum absolute atomic E-state index is 0.0406. The summed E-state index contributed by atoms with van der Waals surface area (Å²) in [6.07, 6.45) is 8.79. The minimum atomic E-state index is -0.957. The van der Waals surface area contributed by atoms with Gasteiger partial charge in [-0.25, -0.2) is 0 Å². The summed E-state index contributed by atoms with van der Waals surface area (Å²) in [5, 5.41) is 15.5. The van der Waals surface area contributed by atoms with Gasteiger partial charge in [-0.1, -0.05) is 39.0 Å². The van der Waals surface area contributed by atoms with Crippen molar-refractivity contribution in [3.63, 3.8) is 0 Å². The third kappa shape index (κ3) is 4.88. The largest absolute Gasteiger partial charge is 0.480 e. The molecule has 0 saturated heterocycles. The monoisotopic (exact) mass is 293 g/mol. The average Bonchev–Trinajstić information content (AvgIpc) is 2.86. The number of carbonyl (C=O) groups is 2. The van der Waals surface area contributed by atoms with Crippen molar-refractivity contribution in [2.24, 2.45) is 11.8 Å². The summed E-state index contributed by atoms with van der Waals surface area (Å²) >= 11 is 0. The number of anilines is 1. The Labute approximate surface area is 124 Å². The number of rotatable bonds is 6. The first-order chi connectivity index (χ1) is 10.0. The van der Waals surface area contributed by atoms with Gasteiger partial charge in [-0.15, -0.1) is 0 Å². The predicted octanol–water partition coefficient (Wildman–Crippen LogP) is 2.51. The zero-order valence-electron chi connectivity index (χ0n) is 12.4. The Morgan fingerprint density at radius 1 is 1.43 bits per heavy atom. The number of aromatic nitrogens is 2. The highest BCUT2D eigenvalue weighted by molar-refractivity contribution is 5.91. The van der Waals surface area contributed by atoms with E-state index in [1.807, 2.05) is 6.92 Å². The number of nitrogens with zero attached hydrogens (tertiary/aromatic N) is 2. The van der Waals surface area contributed by atoms with E-state index in [4.69, 9.17) is 5.11 Å². The van der Waals surface area contributed by atoms with E-state index >= 15 is 0 Å². The molecule has 1 saturated carbocycles. The lowest BCUT2D eigenvalue weighted by atomic mass is 9.83. The topological polar surface area (TPSA) is 84.2 Å². The molecular weight excluding hydrogens is 270 g/mol. The lowest BCUT2D eigenvalue weighted by molar-refractivity contribution is -0.137. The average molecular weight is 293 g/mol. The fourth-order valence-electron chi connectivity index (χ4n) is 2.93. The van der Waals surface area contributed by atoms with Crippen LogP contribution in [0, 0.1) is 11.8 Å². The van der Waals surface area contributed by atoms with Gasteiger partial charge in [-0.05, 0) is 12.3 Å². The van der Waals surface area contributed by atoms with E-state index in [1.54, 1.807) is 12.3 Å². The zero-order chi connectivity index (χ0) is 15.2. The maximum atomic E-state index is 12.1. The molecule has 0 aliphatic heterocycles. The second kappa shape index (κ2) is 7.24. The van der Waals surface area contributed by atoms with Crippen molar-refractivity contribution in [3.8, 4) is 0 Å². The van der Waals surface area contributed by atoms with Crippen molar-refractivity contribution in [2.45, 2.75) is 52.0 Å². The lowest BCUT2D eigenvalue weighted by Crippen LogP contribution is -2.24. The Kier molecular flexibility index (Phi) is 5.36. The van der Waals surface area contributed by atoms with Crippen molar-refractivity contribution < 1.29 is 14.7 Å². The number of nitrogens with one attached hydrogen (secondary N) is 1. The Morgan fingerprint density at radius 2 is 2.14 bits per heavy atom. The number of carbonyl (C=O) groups excluding carboxylic acids is 1. The maximum absolute atomic E-state index is 12.1. The molecule has 1 fully saturated rings. The highest BCUT2D eigenvalue weighted by atomic mass is 16.4. The van der Waals surface area contributed by atoms with Crippen LogP contribution in [-0.4, -0.2) is 26.8 Å². The van der Waals surface area contributed by atoms with Gasteiger partial charge in [0.2, 0.25) is 5.91 Å². The van der Waals surface area contributed by atoms with Crippen LogP contribution in [0.3, 0.4) is 0 Å². The van der Waals surface area contributed by atoms with Gasteiger partial charge < -0.3 is 10.4 Å². The summed E-state index contributed by atoms with van der Waals surface area (Å²) < 4.78 is 1.30. The van der Waals surface area contributed by atoms with Crippen molar-refractivity contribution in [2.75, 3.05) is 5.32 Å². The summed E-state index contributed by atoms with van der Waals surface area (Å²) in [7, 11) is 0. The maximum Gasteiger partial charge on any atom is 0.325 e. The second-order valence-electron chi connectivity index (χ2n) is 5.92. The van der Waals surface area contributed by atoms with Gasteiger partial charge in [-0.3, -0.25) is 14.3 Å². The van der Waals surface area contributed by atoms with E-state index in [-0.39, 0.29) is 18.4 Å². The number of carboxylic acids is 1. The number of aliphatic carboxylic acids is 1. The van der Waals surface area contributed by atoms with Gasteiger partial charge in [0.15, 0.2) is 5.82 Å². The van der Waals surface area contributed by atoms with Crippen molar-refractivity contribution in [1.29, 1.82) is 0 Å². The summed E-state index contributed by atoms with van der Waals surface area (Å²) in [4.78, 5) is 22.7. The molecule has 0 bridgehead atoms. The molecule has 1 aliphatic rings. The highest BCUT2D eigenvalue weighted by Crippen LogP contribution is 2.29. The molecule has 1 amide bonds. The van der Waals surface area contributed by atoms with Crippen LogP contribution in [0.2, 0.25) is 0 Å². The van der Waals surface area contributed by atoms with Gasteiger partial charge in [0.05, 0.1) is 0 Å². The highest BCUT2D eigenvalue weighted by Gasteiger charge is 2.21. The predicted molar refractivity (Wildman–Crippen MR) is 78.8 cm³/mol. The number of carboxylic acid groups (broad SMARTS) is 1. The quantitative estimate of drug-likeness (QED) is 0.844. The molecule has 0 aromatic carbocycles. The van der Waals surface area contributed by atoms with Crippen molar-refractivity contribution in [3.05, 3.63) is 12.3 Å². The van der Waals surface area contributed by atoms with E-state index in [9.17, 15) is 9.59 Å². The number of hydrogen-bond acceptors (Lipinski definition) is 3. The molecule has 1 aliphatic carbocycles. The number of amides is 1. The molecule has 1 unspecified atom stereocenters. The fraction of sp³-hybridized carbons (Fsp3) is 0.667. The van der Waals surface area contributed by atoms with Gasteiger partial charge in [0, 0.05) is 18.2 Å². The molecule has 1 heterocycles. The third-order valence-corrected chi connectivity index (χ3v) is 4.05. The zero-order valence-corrected chi connectivity index (χ0v) is 12.4. The van der Waals surface area contributed by atoms with Crippen LogP contribution in [0.5, 0.6) is 0 Å². The summed E-state index contributed by atoms with van der Waals surface area (Å²) in [5.74, 6) is 0.0290. The van der Waals surface area contributed by atoms with Gasteiger partial charge in [-0.2, -0.15) is 5.10 Å². The first kappa shape index (κ1) is 15.5. The standard InChI is InChI=1S/C15H23N3O3/c1-11(9-12-5-3-2-4-6-12)15(21)16-13-7-8-18(17-13)10-14(19)20/h7-8,11-12H,2-6,9-10H2,1H3,(H,19,20)(H,16,17,21). The smallest absolute Gasteiger partial charge is 0.325 e. The molecule has 6 heteroatoms. The molecule has 1 aromatic rings. The van der Waals surface area contributed by atoms with E-state index in [0.717, 1.165) is 6.42 Å². The lowest BCUT2D eigenvalue weighted by Gasteiger charge is -2.23. The van der Waals surface area contributed by atoms with Crippen LogP contribution in [-0.2, 0) is 16.1 Å². The van der Waals surface area contributed by atoms with E-state index < -0.39 is 5.97 Å². The third-order valence-electron chi connectivity index (χ3n) is 4.05. The van der Waals surface area contributed by atoms with Crippen LogP contribution in [0.1, 0.15) is 45.4 Å². The van der Waals surface area contributed by atoms with E-state index in [2.05, 4.69) is 10.4 Å². The van der Waals surface area contributed by atoms with Crippen molar-refractivity contribution >= 4 is 17.7 Å². The minimum Gasteiger partial charge on any atom is -0.480 e. The molecule has 0 radical (unpaired) electrons. The Hall–Kier alpha value is -1.85. The summed E-state index contributed by atoms with van der Waals surface area (Å²) in [6, 6.07) is 1.62. The SMILES string of the molecule is CC(CC1CCCCC1)C(=O)Nc1ccn(CC(=O)O)n1. The molecule has 1 atom stereocenters. The molecular formula is C15H23N3O3. The molecule has 116 valence electrons. The number of hydrogen-bond donors (Lipinski definition) is 2. The molecule has 6 nitrogen and oxygen atoms in total. The Balaban J connectivity index is 1.82. The first-order valence-corrected chi connectivity index (χ1v) is 7.60. The second-order valence-corrected chi connectivity index (χ2v) is 5.92. The van der Waals surface area contributed by atoms with Crippen LogP contribution < -0.4 is 5.32 Å². The molecule has 2 N–H and O–H groups in total. The van der Waals surface area contributed by atoms with Gasteiger partial charge in [0.25, 0.3) is 0 Å². The Morgan fingerprint density at radius 3 is 2.81 bits per heavy atom. The van der Waals surface area contributed by atoms with Crippen LogP contribution in [0.4, 0.5) is 5.82 Å². The molecule has 21 heavy (non-hydrogen) atoms. The van der Waals surface area contributed by atoms with Crippen LogP contribution in [0.25, 0.3) is 0 Å². The Bertz CT molecular complexity index is 492. The molecule has 1 aromatic heterocycles. The van der Waals surface area contributed by atoms with Crippen LogP contribution in [0.15, 0.2) is 12.3 Å². The van der Waals surface area contributed by atoms with E-state index in [1.165, 1.54) is 36.8 Å². The molecule has 2 rings (SSSR count). The van der Waals surface area contributed by atoms with Gasteiger partial charge in [0.1, 0.15) is 6.54 Å². The normalized spacial score (nSPS) is 17.4. The van der Waals surface area contributed by atoms with Gasteiger partial charge >= 0.3 is 5.97 Å². The van der Waals surface area contributed by atoms with Crippen molar-refractivity contribution in [1.82, 2.24) is 9.78 Å². The summed E-state index contributed by atoms with van der Waals surface area (Å²) in [6.45, 7) is 1.74. The first-order valence-electron chi connectivity index (χ1n) is 7.60.